The molecule has 0 aliphatic carbocycles. The van der Waals surface area contributed by atoms with Crippen molar-refractivity contribution in [1.82, 2.24) is 10.3 Å². The zero-order chi connectivity index (χ0) is 12.3. The van der Waals surface area contributed by atoms with Gasteiger partial charge in [0.15, 0.2) is 0 Å². The molecule has 2 rings (SSSR count). The van der Waals surface area contributed by atoms with Crippen molar-refractivity contribution in [1.29, 1.82) is 0 Å². The first-order chi connectivity index (χ1) is 8.15. The van der Waals surface area contributed by atoms with E-state index in [0.29, 0.717) is 0 Å². The Bertz CT molecular complexity index is 478. The minimum Gasteiger partial charge on any atom is -0.305 e. The number of hydrogen-bond donors (Lipinski definition) is 1. The van der Waals surface area contributed by atoms with Crippen LogP contribution in [-0.2, 0) is 6.54 Å². The molecule has 0 aliphatic rings. The van der Waals surface area contributed by atoms with Gasteiger partial charge in [0.25, 0.3) is 0 Å². The van der Waals surface area contributed by atoms with Crippen LogP contribution in [0.2, 0.25) is 0 Å². The fourth-order valence-electron chi connectivity index (χ4n) is 1.56. The van der Waals surface area contributed by atoms with Gasteiger partial charge >= 0.3 is 0 Å². The molecule has 0 bridgehead atoms. The maximum Gasteiger partial charge on any atom is 0.123 e. The lowest BCUT2D eigenvalue weighted by Gasteiger charge is -2.11. The van der Waals surface area contributed by atoms with Crippen LogP contribution in [0.15, 0.2) is 29.6 Å². The van der Waals surface area contributed by atoms with E-state index < -0.39 is 0 Å². The molecule has 0 spiro atoms. The van der Waals surface area contributed by atoms with Crippen molar-refractivity contribution in [2.45, 2.75) is 26.4 Å². The Hall–Kier alpha value is -1.26. The van der Waals surface area contributed by atoms with E-state index >= 15 is 0 Å². The molecule has 2 nitrogen and oxygen atoms in total. The van der Waals surface area contributed by atoms with Gasteiger partial charge in [-0.2, -0.15) is 0 Å². The van der Waals surface area contributed by atoms with E-state index in [1.54, 1.807) is 23.5 Å². The van der Waals surface area contributed by atoms with E-state index in [9.17, 15) is 4.39 Å². The van der Waals surface area contributed by atoms with Crippen LogP contribution in [0.1, 0.15) is 29.2 Å². The number of nitrogens with one attached hydrogen (secondary N) is 1. The van der Waals surface area contributed by atoms with E-state index in [1.807, 2.05) is 6.92 Å². The van der Waals surface area contributed by atoms with Gasteiger partial charge in [0, 0.05) is 18.0 Å². The molecule has 2 aromatic rings. The molecule has 1 atom stereocenters. The van der Waals surface area contributed by atoms with Gasteiger partial charge in [-0.1, -0.05) is 12.1 Å². The van der Waals surface area contributed by atoms with E-state index in [1.165, 1.54) is 12.1 Å². The molecule has 1 aromatic heterocycles. The predicted octanol–water partition coefficient (Wildman–Crippen LogP) is 3.44. The smallest absolute Gasteiger partial charge is 0.123 e. The Balaban J connectivity index is 1.92. The number of aryl methyl sites for hydroxylation is 1. The second kappa shape index (κ2) is 5.38. The molecule has 1 aromatic carbocycles. The maximum atomic E-state index is 12.7. The topological polar surface area (TPSA) is 24.9 Å². The lowest BCUT2D eigenvalue weighted by Crippen LogP contribution is -2.18. The third-order valence-corrected chi connectivity index (χ3v) is 3.40. The number of benzene rings is 1. The molecule has 0 radical (unpaired) electrons. The summed E-state index contributed by atoms with van der Waals surface area (Å²) in [5.74, 6) is -0.197. The monoisotopic (exact) mass is 250 g/mol. The second-order valence-corrected chi connectivity index (χ2v) is 5.08. The van der Waals surface area contributed by atoms with Gasteiger partial charge in [-0.05, 0) is 31.5 Å². The van der Waals surface area contributed by atoms with Gasteiger partial charge < -0.3 is 5.32 Å². The average Bonchev–Trinajstić information content (AvgIpc) is 2.75. The van der Waals surface area contributed by atoms with Crippen molar-refractivity contribution in [2.75, 3.05) is 0 Å². The zero-order valence-electron chi connectivity index (χ0n) is 9.90. The van der Waals surface area contributed by atoms with Crippen molar-refractivity contribution in [3.63, 3.8) is 0 Å². The molecule has 90 valence electrons. The highest BCUT2D eigenvalue weighted by Gasteiger charge is 2.07. The molecule has 1 heterocycles. The standard InChI is InChI=1S/C13H15FN2S/c1-9(13-8-17-10(2)16-13)15-7-11-3-5-12(14)6-4-11/h3-6,8-9,15H,7H2,1-2H3. The molecule has 17 heavy (non-hydrogen) atoms. The zero-order valence-corrected chi connectivity index (χ0v) is 10.7. The van der Waals surface area contributed by atoms with Crippen LogP contribution < -0.4 is 5.32 Å². The van der Waals surface area contributed by atoms with E-state index in [0.717, 1.165) is 22.8 Å². The first-order valence-corrected chi connectivity index (χ1v) is 6.43. The summed E-state index contributed by atoms with van der Waals surface area (Å²) in [5.41, 5.74) is 2.14. The summed E-state index contributed by atoms with van der Waals surface area (Å²) in [5, 5.41) is 6.52. The van der Waals surface area contributed by atoms with E-state index in [4.69, 9.17) is 0 Å². The lowest BCUT2D eigenvalue weighted by molar-refractivity contribution is 0.562. The summed E-state index contributed by atoms with van der Waals surface area (Å²) in [7, 11) is 0. The Morgan fingerprint density at radius 2 is 2.06 bits per heavy atom. The third kappa shape index (κ3) is 3.35. The van der Waals surface area contributed by atoms with Crippen LogP contribution in [0.4, 0.5) is 4.39 Å². The number of halogens is 1. The fraction of sp³-hybridized carbons (Fsp3) is 0.308. The van der Waals surface area contributed by atoms with Crippen LogP contribution in [0.25, 0.3) is 0 Å². The van der Waals surface area contributed by atoms with Crippen LogP contribution in [0.5, 0.6) is 0 Å². The fourth-order valence-corrected chi connectivity index (χ4v) is 2.26. The van der Waals surface area contributed by atoms with E-state index in [2.05, 4.69) is 22.6 Å². The average molecular weight is 250 g/mol. The molecule has 1 unspecified atom stereocenters. The molecule has 0 saturated carbocycles. The maximum absolute atomic E-state index is 12.7. The lowest BCUT2D eigenvalue weighted by atomic mass is 10.2. The highest BCUT2D eigenvalue weighted by Crippen LogP contribution is 2.16. The van der Waals surface area contributed by atoms with Gasteiger partial charge in [0.05, 0.1) is 10.7 Å². The molecule has 0 saturated heterocycles. The summed E-state index contributed by atoms with van der Waals surface area (Å²) in [6, 6.07) is 6.76. The molecular formula is C13H15FN2S. The van der Waals surface area contributed by atoms with Crippen LogP contribution >= 0.6 is 11.3 Å². The molecule has 0 fully saturated rings. The molecule has 4 heteroatoms. The van der Waals surface area contributed by atoms with Gasteiger partial charge in [-0.15, -0.1) is 11.3 Å². The number of rotatable bonds is 4. The Morgan fingerprint density at radius 3 is 2.65 bits per heavy atom. The van der Waals surface area contributed by atoms with Crippen molar-refractivity contribution in [3.05, 3.63) is 51.7 Å². The predicted molar refractivity (Wildman–Crippen MR) is 68.5 cm³/mol. The Morgan fingerprint density at radius 1 is 1.35 bits per heavy atom. The molecule has 0 aliphatic heterocycles. The summed E-state index contributed by atoms with van der Waals surface area (Å²) in [4.78, 5) is 4.43. The first kappa shape index (κ1) is 12.2. The summed E-state index contributed by atoms with van der Waals surface area (Å²) < 4.78 is 12.7. The molecule has 0 amide bonds. The quantitative estimate of drug-likeness (QED) is 0.899. The minimum absolute atomic E-state index is 0.197. The van der Waals surface area contributed by atoms with Gasteiger partial charge in [-0.3, -0.25) is 0 Å². The van der Waals surface area contributed by atoms with Gasteiger partial charge in [0.2, 0.25) is 0 Å². The highest BCUT2D eigenvalue weighted by atomic mass is 32.1. The van der Waals surface area contributed by atoms with Crippen molar-refractivity contribution >= 4 is 11.3 Å². The van der Waals surface area contributed by atoms with Crippen LogP contribution in [0, 0.1) is 12.7 Å². The minimum atomic E-state index is -0.197. The summed E-state index contributed by atoms with van der Waals surface area (Å²) in [6.45, 7) is 4.80. The van der Waals surface area contributed by atoms with Gasteiger partial charge in [0.1, 0.15) is 5.82 Å². The Labute approximate surface area is 105 Å². The third-order valence-electron chi connectivity index (χ3n) is 2.61. The normalized spacial score (nSPS) is 12.6. The number of aromatic nitrogens is 1. The van der Waals surface area contributed by atoms with E-state index in [-0.39, 0.29) is 11.9 Å². The van der Waals surface area contributed by atoms with Crippen molar-refractivity contribution in [3.8, 4) is 0 Å². The SMILES string of the molecule is Cc1nc(C(C)NCc2ccc(F)cc2)cs1. The summed E-state index contributed by atoms with van der Waals surface area (Å²) >= 11 is 1.66. The van der Waals surface area contributed by atoms with Crippen LogP contribution in [-0.4, -0.2) is 4.98 Å². The number of hydrogen-bond acceptors (Lipinski definition) is 3. The highest BCUT2D eigenvalue weighted by molar-refractivity contribution is 7.09. The largest absolute Gasteiger partial charge is 0.305 e. The first-order valence-electron chi connectivity index (χ1n) is 5.55. The van der Waals surface area contributed by atoms with Crippen molar-refractivity contribution < 1.29 is 4.39 Å². The second-order valence-electron chi connectivity index (χ2n) is 4.02. The molecule has 1 N–H and O–H groups in total. The number of nitrogens with zero attached hydrogens (tertiary/aromatic N) is 1. The summed E-state index contributed by atoms with van der Waals surface area (Å²) in [6.07, 6.45) is 0. The molecular weight excluding hydrogens is 235 g/mol. The van der Waals surface area contributed by atoms with Gasteiger partial charge in [-0.25, -0.2) is 9.37 Å². The Kier molecular flexibility index (Phi) is 3.86. The van der Waals surface area contributed by atoms with Crippen LogP contribution in [0.3, 0.4) is 0 Å². The number of thiazole rings is 1. The van der Waals surface area contributed by atoms with Crippen molar-refractivity contribution in [2.24, 2.45) is 0 Å².